The monoisotopic (exact) mass is 266 g/mol. The Balaban J connectivity index is 2.32. The van der Waals surface area contributed by atoms with Crippen LogP contribution in [-0.4, -0.2) is 0 Å². The highest BCUT2D eigenvalue weighted by molar-refractivity contribution is 5.60. The van der Waals surface area contributed by atoms with E-state index in [4.69, 9.17) is 4.74 Å². The lowest BCUT2D eigenvalue weighted by Gasteiger charge is -2.24. The predicted octanol–water partition coefficient (Wildman–Crippen LogP) is 5.21. The summed E-state index contributed by atoms with van der Waals surface area (Å²) in [6.45, 7) is 11.1. The molecule has 0 aliphatic rings. The molecular formula is C19H22O. The molecule has 104 valence electrons. The Bertz CT molecular complexity index is 576. The van der Waals surface area contributed by atoms with Crippen molar-refractivity contribution in [1.29, 1.82) is 0 Å². The lowest BCUT2D eigenvalue weighted by Crippen LogP contribution is -2.14. The number of para-hydroxylation sites is 1. The van der Waals surface area contributed by atoms with Crippen molar-refractivity contribution < 1.29 is 4.74 Å². The third-order valence-corrected chi connectivity index (χ3v) is 3.30. The standard InChI is InChI=1S/C19H22O/c1-5-16-12-9-13-17(19(2,3)4)18(16)20-14-15-10-7-6-8-11-15/h5-13H,1,14H2,2-4H3. The Kier molecular flexibility index (Phi) is 4.29. The number of hydrogen-bond donors (Lipinski definition) is 0. The summed E-state index contributed by atoms with van der Waals surface area (Å²) < 4.78 is 6.10. The van der Waals surface area contributed by atoms with E-state index in [0.717, 1.165) is 11.3 Å². The van der Waals surface area contributed by atoms with Gasteiger partial charge in [0.2, 0.25) is 0 Å². The Hall–Kier alpha value is -2.02. The number of hydrogen-bond acceptors (Lipinski definition) is 1. The van der Waals surface area contributed by atoms with Crippen LogP contribution in [0.2, 0.25) is 0 Å². The van der Waals surface area contributed by atoms with E-state index in [1.807, 2.05) is 30.3 Å². The minimum atomic E-state index is 0.0467. The first kappa shape index (κ1) is 14.4. The van der Waals surface area contributed by atoms with E-state index in [0.29, 0.717) is 6.61 Å². The van der Waals surface area contributed by atoms with Gasteiger partial charge >= 0.3 is 0 Å². The maximum Gasteiger partial charge on any atom is 0.130 e. The van der Waals surface area contributed by atoms with Crippen molar-refractivity contribution in [3.8, 4) is 5.75 Å². The summed E-state index contributed by atoms with van der Waals surface area (Å²) in [5.74, 6) is 0.943. The van der Waals surface area contributed by atoms with Crippen molar-refractivity contribution in [2.75, 3.05) is 0 Å². The van der Waals surface area contributed by atoms with Crippen LogP contribution in [0.5, 0.6) is 5.75 Å². The summed E-state index contributed by atoms with van der Waals surface area (Å²) in [6.07, 6.45) is 1.86. The molecule has 0 unspecified atom stereocenters. The minimum absolute atomic E-state index is 0.0467. The number of benzene rings is 2. The SMILES string of the molecule is C=Cc1cccc(C(C)(C)C)c1OCc1ccccc1. The van der Waals surface area contributed by atoms with Gasteiger partial charge in [-0.05, 0) is 11.0 Å². The quantitative estimate of drug-likeness (QED) is 0.738. The van der Waals surface area contributed by atoms with Crippen LogP contribution >= 0.6 is 0 Å². The highest BCUT2D eigenvalue weighted by atomic mass is 16.5. The molecule has 0 aliphatic heterocycles. The average molecular weight is 266 g/mol. The van der Waals surface area contributed by atoms with E-state index in [2.05, 4.69) is 51.6 Å². The van der Waals surface area contributed by atoms with Gasteiger partial charge in [0.05, 0.1) is 0 Å². The molecule has 0 N–H and O–H groups in total. The largest absolute Gasteiger partial charge is 0.488 e. The summed E-state index contributed by atoms with van der Waals surface area (Å²) in [7, 11) is 0. The maximum absolute atomic E-state index is 6.10. The van der Waals surface area contributed by atoms with Crippen molar-refractivity contribution in [3.63, 3.8) is 0 Å². The molecule has 0 saturated carbocycles. The first-order valence-electron chi connectivity index (χ1n) is 6.95. The molecule has 1 nitrogen and oxygen atoms in total. The molecule has 2 aromatic rings. The van der Waals surface area contributed by atoms with Gasteiger partial charge in [0.1, 0.15) is 12.4 Å². The van der Waals surface area contributed by atoms with E-state index in [1.165, 1.54) is 11.1 Å². The van der Waals surface area contributed by atoms with Crippen LogP contribution in [0.25, 0.3) is 6.08 Å². The fourth-order valence-electron chi connectivity index (χ4n) is 2.20. The fourth-order valence-corrected chi connectivity index (χ4v) is 2.20. The first-order chi connectivity index (χ1) is 9.52. The maximum atomic E-state index is 6.10. The summed E-state index contributed by atoms with van der Waals surface area (Å²) >= 11 is 0. The molecule has 20 heavy (non-hydrogen) atoms. The van der Waals surface area contributed by atoms with Crippen molar-refractivity contribution in [2.24, 2.45) is 0 Å². The van der Waals surface area contributed by atoms with E-state index >= 15 is 0 Å². The first-order valence-corrected chi connectivity index (χ1v) is 6.95. The molecule has 0 bridgehead atoms. The van der Waals surface area contributed by atoms with Crippen LogP contribution in [-0.2, 0) is 12.0 Å². The van der Waals surface area contributed by atoms with E-state index in [-0.39, 0.29) is 5.41 Å². The van der Waals surface area contributed by atoms with Crippen LogP contribution in [0.3, 0.4) is 0 Å². The Morgan fingerprint density at radius 2 is 1.70 bits per heavy atom. The molecule has 0 atom stereocenters. The lowest BCUT2D eigenvalue weighted by molar-refractivity contribution is 0.297. The van der Waals surface area contributed by atoms with Crippen LogP contribution in [0.1, 0.15) is 37.5 Å². The average Bonchev–Trinajstić information content (AvgIpc) is 2.44. The molecular weight excluding hydrogens is 244 g/mol. The zero-order valence-corrected chi connectivity index (χ0v) is 12.5. The van der Waals surface area contributed by atoms with Gasteiger partial charge in [0.25, 0.3) is 0 Å². The molecule has 0 radical (unpaired) electrons. The van der Waals surface area contributed by atoms with E-state index in [1.54, 1.807) is 0 Å². The molecule has 0 spiro atoms. The van der Waals surface area contributed by atoms with Crippen molar-refractivity contribution in [2.45, 2.75) is 32.8 Å². The predicted molar refractivity (Wildman–Crippen MR) is 86.0 cm³/mol. The normalized spacial score (nSPS) is 11.2. The molecule has 0 heterocycles. The van der Waals surface area contributed by atoms with Crippen LogP contribution < -0.4 is 4.74 Å². The molecule has 0 amide bonds. The summed E-state index contributed by atoms with van der Waals surface area (Å²) in [4.78, 5) is 0. The Morgan fingerprint density at radius 3 is 2.30 bits per heavy atom. The molecule has 0 aromatic heterocycles. The Labute approximate surface area is 121 Å². The zero-order chi connectivity index (χ0) is 14.6. The molecule has 1 heteroatoms. The molecule has 0 aliphatic carbocycles. The molecule has 2 aromatic carbocycles. The fraction of sp³-hybridized carbons (Fsp3) is 0.263. The summed E-state index contributed by atoms with van der Waals surface area (Å²) in [5.41, 5.74) is 3.48. The van der Waals surface area contributed by atoms with E-state index in [9.17, 15) is 0 Å². The smallest absolute Gasteiger partial charge is 0.130 e. The van der Waals surface area contributed by atoms with Gasteiger partial charge in [-0.2, -0.15) is 0 Å². The molecule has 2 rings (SSSR count). The second-order valence-corrected chi connectivity index (χ2v) is 5.95. The van der Waals surface area contributed by atoms with Crippen LogP contribution in [0.4, 0.5) is 0 Å². The van der Waals surface area contributed by atoms with Gasteiger partial charge in [-0.15, -0.1) is 0 Å². The van der Waals surface area contributed by atoms with Gasteiger partial charge in [0, 0.05) is 11.1 Å². The topological polar surface area (TPSA) is 9.23 Å². The Morgan fingerprint density at radius 1 is 1.00 bits per heavy atom. The third kappa shape index (κ3) is 3.30. The number of ether oxygens (including phenoxy) is 1. The highest BCUT2D eigenvalue weighted by Gasteiger charge is 2.20. The van der Waals surface area contributed by atoms with Gasteiger partial charge < -0.3 is 4.74 Å². The van der Waals surface area contributed by atoms with E-state index < -0.39 is 0 Å². The van der Waals surface area contributed by atoms with Gasteiger partial charge in [0.15, 0.2) is 0 Å². The van der Waals surface area contributed by atoms with Gasteiger partial charge in [-0.3, -0.25) is 0 Å². The lowest BCUT2D eigenvalue weighted by atomic mass is 9.85. The zero-order valence-electron chi connectivity index (χ0n) is 12.5. The second-order valence-electron chi connectivity index (χ2n) is 5.95. The second kappa shape index (κ2) is 5.96. The minimum Gasteiger partial charge on any atom is -0.488 e. The summed E-state index contributed by atoms with van der Waals surface area (Å²) in [6, 6.07) is 16.5. The van der Waals surface area contributed by atoms with Gasteiger partial charge in [-0.1, -0.05) is 82.0 Å². The van der Waals surface area contributed by atoms with Crippen molar-refractivity contribution >= 4 is 6.08 Å². The highest BCUT2D eigenvalue weighted by Crippen LogP contribution is 2.35. The van der Waals surface area contributed by atoms with Crippen molar-refractivity contribution in [3.05, 3.63) is 71.8 Å². The van der Waals surface area contributed by atoms with Gasteiger partial charge in [-0.25, -0.2) is 0 Å². The molecule has 0 fully saturated rings. The molecule has 0 saturated heterocycles. The number of rotatable bonds is 4. The van der Waals surface area contributed by atoms with Crippen LogP contribution in [0.15, 0.2) is 55.1 Å². The summed E-state index contributed by atoms with van der Waals surface area (Å²) in [5, 5.41) is 0. The van der Waals surface area contributed by atoms with Crippen molar-refractivity contribution in [1.82, 2.24) is 0 Å². The third-order valence-electron chi connectivity index (χ3n) is 3.30. The van der Waals surface area contributed by atoms with Crippen LogP contribution in [0, 0.1) is 0 Å².